The summed E-state index contributed by atoms with van der Waals surface area (Å²) in [7, 11) is 0. The number of rotatable bonds is 4. The van der Waals surface area contributed by atoms with Crippen LogP contribution in [0.3, 0.4) is 0 Å². The van der Waals surface area contributed by atoms with E-state index in [1.165, 1.54) is 35.0 Å². The molecule has 1 N–H and O–H groups in total. The molecule has 2 aromatic carbocycles. The molecule has 31 heavy (non-hydrogen) atoms. The van der Waals surface area contributed by atoms with Crippen LogP contribution >= 0.6 is 0 Å². The van der Waals surface area contributed by atoms with Gasteiger partial charge in [0.2, 0.25) is 5.91 Å². The number of aryl methyl sites for hydroxylation is 2. The van der Waals surface area contributed by atoms with Crippen LogP contribution in [0, 0.1) is 25.6 Å². The van der Waals surface area contributed by atoms with Crippen LogP contribution in [0.4, 0.5) is 15.9 Å². The van der Waals surface area contributed by atoms with Crippen LogP contribution in [0.5, 0.6) is 0 Å². The Labute approximate surface area is 180 Å². The van der Waals surface area contributed by atoms with Gasteiger partial charge in [0.05, 0.1) is 11.6 Å². The quantitative estimate of drug-likeness (QED) is 0.696. The van der Waals surface area contributed by atoms with E-state index in [2.05, 4.69) is 16.5 Å². The molecule has 2 heterocycles. The first-order chi connectivity index (χ1) is 14.9. The van der Waals surface area contributed by atoms with Gasteiger partial charge in [0, 0.05) is 24.8 Å². The molecular formula is C24H25FN4O2. The third-order valence-corrected chi connectivity index (χ3v) is 5.46. The lowest BCUT2D eigenvalue weighted by Gasteiger charge is -2.33. The van der Waals surface area contributed by atoms with Crippen LogP contribution in [-0.4, -0.2) is 28.8 Å². The highest BCUT2D eigenvalue weighted by Crippen LogP contribution is 2.23. The zero-order valence-electron chi connectivity index (χ0n) is 17.6. The Kier molecular flexibility index (Phi) is 5.84. The van der Waals surface area contributed by atoms with E-state index in [1.807, 2.05) is 30.9 Å². The van der Waals surface area contributed by atoms with Crippen molar-refractivity contribution in [1.29, 1.82) is 0 Å². The topological polar surface area (TPSA) is 67.2 Å². The molecule has 1 amide bonds. The number of anilines is 2. The third kappa shape index (κ3) is 4.82. The molecule has 1 saturated heterocycles. The molecule has 0 spiro atoms. The van der Waals surface area contributed by atoms with E-state index >= 15 is 0 Å². The Morgan fingerprint density at radius 3 is 2.48 bits per heavy atom. The second-order valence-electron chi connectivity index (χ2n) is 8.07. The summed E-state index contributed by atoms with van der Waals surface area (Å²) in [6.45, 7) is 5.28. The zero-order valence-corrected chi connectivity index (χ0v) is 17.6. The van der Waals surface area contributed by atoms with Crippen molar-refractivity contribution in [3.8, 4) is 5.69 Å². The van der Waals surface area contributed by atoms with Gasteiger partial charge in [-0.3, -0.25) is 9.59 Å². The summed E-state index contributed by atoms with van der Waals surface area (Å²) in [5.74, 6) is 0.0543. The van der Waals surface area contributed by atoms with Gasteiger partial charge < -0.3 is 10.2 Å². The van der Waals surface area contributed by atoms with Crippen molar-refractivity contribution >= 4 is 17.4 Å². The number of hydrogen-bond acceptors (Lipinski definition) is 4. The Hall–Kier alpha value is -3.48. The minimum Gasteiger partial charge on any atom is -0.354 e. The van der Waals surface area contributed by atoms with Crippen molar-refractivity contribution in [2.45, 2.75) is 26.7 Å². The number of aromatic nitrogens is 2. The molecule has 7 heteroatoms. The molecule has 0 saturated carbocycles. The molecule has 1 fully saturated rings. The van der Waals surface area contributed by atoms with Crippen LogP contribution in [0.25, 0.3) is 5.69 Å². The molecular weight excluding hydrogens is 395 g/mol. The number of benzene rings is 2. The minimum absolute atomic E-state index is 0.0124. The maximum Gasteiger partial charge on any atom is 0.271 e. The molecule has 6 nitrogen and oxygen atoms in total. The van der Waals surface area contributed by atoms with Gasteiger partial charge in [-0.15, -0.1) is 5.10 Å². The van der Waals surface area contributed by atoms with Gasteiger partial charge in [-0.2, -0.15) is 4.68 Å². The summed E-state index contributed by atoms with van der Waals surface area (Å²) in [5.41, 5.74) is 3.22. The van der Waals surface area contributed by atoms with E-state index < -0.39 is 0 Å². The predicted octanol–water partition coefficient (Wildman–Crippen LogP) is 3.84. The standard InChI is InChI=1S/C24H25FN4O2/c1-16-12-17(2)14-20(13-16)26-24(31)18-4-3-11-28(15-18)22-9-10-23(30)29(27-22)21-7-5-19(25)6-8-21/h5-10,12-14,18H,3-4,11,15H2,1-2H3,(H,26,31)/t18-/m1/s1. The lowest BCUT2D eigenvalue weighted by molar-refractivity contribution is -0.120. The van der Waals surface area contributed by atoms with Gasteiger partial charge in [0.15, 0.2) is 0 Å². The Balaban J connectivity index is 1.52. The van der Waals surface area contributed by atoms with Crippen LogP contribution in [0.15, 0.2) is 59.4 Å². The van der Waals surface area contributed by atoms with Gasteiger partial charge in [-0.25, -0.2) is 4.39 Å². The molecule has 1 aliphatic rings. The van der Waals surface area contributed by atoms with Crippen LogP contribution in [0.2, 0.25) is 0 Å². The smallest absolute Gasteiger partial charge is 0.271 e. The van der Waals surface area contributed by atoms with Gasteiger partial charge >= 0.3 is 0 Å². The highest BCUT2D eigenvalue weighted by atomic mass is 19.1. The van der Waals surface area contributed by atoms with Gasteiger partial charge in [0.25, 0.3) is 5.56 Å². The Morgan fingerprint density at radius 2 is 1.77 bits per heavy atom. The monoisotopic (exact) mass is 420 g/mol. The molecule has 3 aromatic rings. The maximum atomic E-state index is 13.2. The van der Waals surface area contributed by atoms with Gasteiger partial charge in [-0.1, -0.05) is 6.07 Å². The van der Waals surface area contributed by atoms with Crippen molar-refractivity contribution in [1.82, 2.24) is 9.78 Å². The highest BCUT2D eigenvalue weighted by molar-refractivity contribution is 5.93. The molecule has 0 radical (unpaired) electrons. The average molecular weight is 420 g/mol. The first-order valence-corrected chi connectivity index (χ1v) is 10.4. The van der Waals surface area contributed by atoms with E-state index in [-0.39, 0.29) is 23.2 Å². The van der Waals surface area contributed by atoms with Crippen molar-refractivity contribution in [3.63, 3.8) is 0 Å². The summed E-state index contributed by atoms with van der Waals surface area (Å²) < 4.78 is 14.5. The summed E-state index contributed by atoms with van der Waals surface area (Å²) in [6, 6.07) is 14.7. The minimum atomic E-state index is -0.373. The second-order valence-corrected chi connectivity index (χ2v) is 8.07. The number of carbonyl (C=O) groups is 1. The molecule has 0 bridgehead atoms. The predicted molar refractivity (Wildman–Crippen MR) is 119 cm³/mol. The Bertz CT molecular complexity index is 1140. The highest BCUT2D eigenvalue weighted by Gasteiger charge is 2.27. The fourth-order valence-corrected chi connectivity index (χ4v) is 4.03. The van der Waals surface area contributed by atoms with Crippen molar-refractivity contribution < 1.29 is 9.18 Å². The fraction of sp³-hybridized carbons (Fsp3) is 0.292. The van der Waals surface area contributed by atoms with Crippen molar-refractivity contribution in [3.05, 3.63) is 81.9 Å². The number of nitrogens with zero attached hydrogens (tertiary/aromatic N) is 3. The first kappa shape index (κ1) is 20.8. The van der Waals surface area contributed by atoms with E-state index in [4.69, 9.17) is 0 Å². The van der Waals surface area contributed by atoms with Crippen LogP contribution < -0.4 is 15.8 Å². The maximum absolute atomic E-state index is 13.2. The second kappa shape index (κ2) is 8.71. The lowest BCUT2D eigenvalue weighted by Crippen LogP contribution is -2.41. The number of carbonyl (C=O) groups excluding carboxylic acids is 1. The summed E-state index contributed by atoms with van der Waals surface area (Å²) in [6.07, 6.45) is 1.65. The number of nitrogens with one attached hydrogen (secondary N) is 1. The van der Waals surface area contributed by atoms with E-state index in [9.17, 15) is 14.0 Å². The van der Waals surface area contributed by atoms with Crippen LogP contribution in [-0.2, 0) is 4.79 Å². The molecule has 1 aromatic heterocycles. The van der Waals surface area contributed by atoms with Crippen molar-refractivity contribution in [2.75, 3.05) is 23.3 Å². The zero-order chi connectivity index (χ0) is 22.0. The first-order valence-electron chi connectivity index (χ1n) is 10.4. The molecule has 0 unspecified atom stereocenters. The number of amides is 1. The third-order valence-electron chi connectivity index (χ3n) is 5.46. The normalized spacial score (nSPS) is 16.2. The number of hydrogen-bond donors (Lipinski definition) is 1. The largest absolute Gasteiger partial charge is 0.354 e. The lowest BCUT2D eigenvalue weighted by atomic mass is 9.97. The number of halogens is 1. The van der Waals surface area contributed by atoms with Gasteiger partial charge in [0.1, 0.15) is 11.6 Å². The van der Waals surface area contributed by atoms with Gasteiger partial charge in [-0.05, 0) is 80.3 Å². The molecule has 1 aliphatic heterocycles. The summed E-state index contributed by atoms with van der Waals surface area (Å²) in [5, 5.41) is 7.51. The average Bonchev–Trinajstić information content (AvgIpc) is 2.74. The van der Waals surface area contributed by atoms with E-state index in [0.717, 1.165) is 36.2 Å². The molecule has 160 valence electrons. The fourth-order valence-electron chi connectivity index (χ4n) is 4.03. The van der Waals surface area contributed by atoms with Crippen molar-refractivity contribution in [2.24, 2.45) is 5.92 Å². The SMILES string of the molecule is Cc1cc(C)cc(NC(=O)[C@@H]2CCCN(c3ccc(=O)n(-c4ccc(F)cc4)n3)C2)c1. The number of piperidine rings is 1. The molecule has 0 aliphatic carbocycles. The van der Waals surface area contributed by atoms with E-state index in [1.54, 1.807) is 6.07 Å². The van der Waals surface area contributed by atoms with Crippen LogP contribution in [0.1, 0.15) is 24.0 Å². The molecule has 1 atom stereocenters. The summed E-state index contributed by atoms with van der Waals surface area (Å²) >= 11 is 0. The Morgan fingerprint density at radius 1 is 1.06 bits per heavy atom. The van der Waals surface area contributed by atoms with E-state index in [0.29, 0.717) is 18.1 Å². The summed E-state index contributed by atoms with van der Waals surface area (Å²) in [4.78, 5) is 27.2. The molecule has 4 rings (SSSR count).